The summed E-state index contributed by atoms with van der Waals surface area (Å²) in [5.41, 5.74) is 2.21. The third kappa shape index (κ3) is 2.79. The summed E-state index contributed by atoms with van der Waals surface area (Å²) < 4.78 is 1.23. The van der Waals surface area contributed by atoms with Gasteiger partial charge in [-0.3, -0.25) is 9.78 Å². The molecule has 4 heteroatoms. The van der Waals surface area contributed by atoms with Crippen molar-refractivity contribution in [1.29, 1.82) is 0 Å². The Kier molecular flexibility index (Phi) is 3.81. The molecule has 0 spiro atoms. The zero-order valence-corrected chi connectivity index (χ0v) is 13.6. The number of nitrogens with zero attached hydrogens (tertiary/aromatic N) is 1. The molecule has 0 saturated carbocycles. The van der Waals surface area contributed by atoms with Gasteiger partial charge in [0.25, 0.3) is 5.91 Å². The Morgan fingerprint density at radius 2 is 1.71 bits per heavy atom. The molecule has 0 unspecified atom stereocenters. The third-order valence-corrected chi connectivity index (χ3v) is 4.91. The number of anilines is 1. The van der Waals surface area contributed by atoms with Crippen molar-refractivity contribution in [3.05, 3.63) is 84.7 Å². The number of hydrogen-bond acceptors (Lipinski definition) is 3. The molecule has 0 aliphatic carbocycles. The molecule has 0 aliphatic rings. The number of aromatic nitrogens is 1. The van der Waals surface area contributed by atoms with Gasteiger partial charge in [-0.05, 0) is 35.7 Å². The van der Waals surface area contributed by atoms with Crippen LogP contribution in [0.3, 0.4) is 0 Å². The first kappa shape index (κ1) is 14.6. The average molecular weight is 330 g/mol. The fourth-order valence-corrected chi connectivity index (χ4v) is 3.71. The number of rotatable bonds is 3. The molecule has 0 saturated heterocycles. The molecule has 4 rings (SSSR count). The van der Waals surface area contributed by atoms with Crippen LogP contribution >= 0.6 is 11.3 Å². The van der Waals surface area contributed by atoms with E-state index in [4.69, 9.17) is 0 Å². The van der Waals surface area contributed by atoms with E-state index in [1.807, 2.05) is 36.4 Å². The molecule has 0 radical (unpaired) electrons. The SMILES string of the molecule is O=C(Nc1ccccc1-c1cc2ccccc2s1)c1ccccn1. The molecular weight excluding hydrogens is 316 g/mol. The Bertz CT molecular complexity index is 975. The zero-order chi connectivity index (χ0) is 16.4. The van der Waals surface area contributed by atoms with E-state index in [1.54, 1.807) is 35.7 Å². The Hall–Kier alpha value is -2.98. The maximum atomic E-state index is 12.4. The van der Waals surface area contributed by atoms with Gasteiger partial charge in [-0.15, -0.1) is 11.3 Å². The minimum atomic E-state index is -0.204. The summed E-state index contributed by atoms with van der Waals surface area (Å²) in [4.78, 5) is 17.6. The van der Waals surface area contributed by atoms with Crippen LogP contribution in [0.1, 0.15) is 10.5 Å². The second kappa shape index (κ2) is 6.26. The predicted molar refractivity (Wildman–Crippen MR) is 99.5 cm³/mol. The number of para-hydroxylation sites is 1. The van der Waals surface area contributed by atoms with Crippen molar-refractivity contribution in [3.63, 3.8) is 0 Å². The van der Waals surface area contributed by atoms with Crippen LogP contribution in [0.2, 0.25) is 0 Å². The molecule has 24 heavy (non-hydrogen) atoms. The van der Waals surface area contributed by atoms with Gasteiger partial charge in [0.15, 0.2) is 0 Å². The van der Waals surface area contributed by atoms with Crippen molar-refractivity contribution < 1.29 is 4.79 Å². The molecule has 3 nitrogen and oxygen atoms in total. The number of pyridine rings is 1. The van der Waals surface area contributed by atoms with Crippen LogP contribution in [0.4, 0.5) is 5.69 Å². The van der Waals surface area contributed by atoms with E-state index in [2.05, 4.69) is 28.5 Å². The lowest BCUT2D eigenvalue weighted by atomic mass is 10.1. The summed E-state index contributed by atoms with van der Waals surface area (Å²) in [7, 11) is 0. The second-order valence-electron chi connectivity index (χ2n) is 5.36. The van der Waals surface area contributed by atoms with Crippen molar-refractivity contribution in [1.82, 2.24) is 4.98 Å². The topological polar surface area (TPSA) is 42.0 Å². The maximum absolute atomic E-state index is 12.4. The van der Waals surface area contributed by atoms with E-state index in [0.29, 0.717) is 5.69 Å². The molecule has 1 N–H and O–H groups in total. The first-order valence-corrected chi connectivity index (χ1v) is 8.43. The molecule has 4 aromatic rings. The van der Waals surface area contributed by atoms with Crippen molar-refractivity contribution in [2.45, 2.75) is 0 Å². The van der Waals surface area contributed by atoms with Gasteiger partial charge in [0.2, 0.25) is 0 Å². The molecule has 2 aromatic heterocycles. The maximum Gasteiger partial charge on any atom is 0.274 e. The van der Waals surface area contributed by atoms with Crippen LogP contribution in [0.5, 0.6) is 0 Å². The summed E-state index contributed by atoms with van der Waals surface area (Å²) in [5, 5.41) is 4.19. The predicted octanol–water partition coefficient (Wildman–Crippen LogP) is 5.22. The Morgan fingerprint density at radius 3 is 2.54 bits per heavy atom. The molecule has 1 amide bonds. The molecule has 0 bridgehead atoms. The number of amides is 1. The second-order valence-corrected chi connectivity index (χ2v) is 6.45. The van der Waals surface area contributed by atoms with Gasteiger partial charge in [0.05, 0.1) is 0 Å². The van der Waals surface area contributed by atoms with E-state index >= 15 is 0 Å². The minimum Gasteiger partial charge on any atom is -0.320 e. The zero-order valence-electron chi connectivity index (χ0n) is 12.8. The summed E-state index contributed by atoms with van der Waals surface area (Å²) in [6.45, 7) is 0. The Morgan fingerprint density at radius 1 is 0.917 bits per heavy atom. The van der Waals surface area contributed by atoms with Crippen LogP contribution in [0.25, 0.3) is 20.5 Å². The number of carbonyl (C=O) groups excluding carboxylic acids is 1. The highest BCUT2D eigenvalue weighted by molar-refractivity contribution is 7.22. The fraction of sp³-hybridized carbons (Fsp3) is 0. The molecule has 0 atom stereocenters. The highest BCUT2D eigenvalue weighted by Gasteiger charge is 2.12. The number of nitrogens with one attached hydrogen (secondary N) is 1. The summed E-state index contributed by atoms with van der Waals surface area (Å²) in [5.74, 6) is -0.204. The lowest BCUT2D eigenvalue weighted by Gasteiger charge is -2.09. The fourth-order valence-electron chi connectivity index (χ4n) is 2.61. The number of hydrogen-bond donors (Lipinski definition) is 1. The highest BCUT2D eigenvalue weighted by Crippen LogP contribution is 2.37. The molecule has 116 valence electrons. The van der Waals surface area contributed by atoms with Crippen LogP contribution < -0.4 is 5.32 Å². The molecule has 0 aliphatic heterocycles. The highest BCUT2D eigenvalue weighted by atomic mass is 32.1. The molecule has 2 heterocycles. The van der Waals surface area contributed by atoms with Crippen molar-refractivity contribution in [2.24, 2.45) is 0 Å². The number of fused-ring (bicyclic) bond motifs is 1. The summed E-state index contributed by atoms with van der Waals surface area (Å²) in [6.07, 6.45) is 1.62. The monoisotopic (exact) mass is 330 g/mol. The first-order valence-electron chi connectivity index (χ1n) is 7.61. The van der Waals surface area contributed by atoms with Gasteiger partial charge in [-0.25, -0.2) is 0 Å². The van der Waals surface area contributed by atoms with Crippen molar-refractivity contribution >= 4 is 33.0 Å². The first-order chi connectivity index (χ1) is 11.8. The van der Waals surface area contributed by atoms with E-state index in [0.717, 1.165) is 16.1 Å². The number of thiophene rings is 1. The van der Waals surface area contributed by atoms with Gasteiger partial charge in [0, 0.05) is 27.0 Å². The lowest BCUT2D eigenvalue weighted by Crippen LogP contribution is -2.13. The van der Waals surface area contributed by atoms with Crippen LogP contribution in [-0.4, -0.2) is 10.9 Å². The van der Waals surface area contributed by atoms with E-state index in [-0.39, 0.29) is 5.91 Å². The van der Waals surface area contributed by atoms with Gasteiger partial charge >= 0.3 is 0 Å². The lowest BCUT2D eigenvalue weighted by molar-refractivity contribution is 0.102. The van der Waals surface area contributed by atoms with E-state index in [1.165, 1.54) is 10.1 Å². The van der Waals surface area contributed by atoms with Gasteiger partial charge < -0.3 is 5.32 Å². The molecular formula is C20H14N2OS. The summed E-state index contributed by atoms with van der Waals surface area (Å²) in [6, 6.07) is 23.6. The third-order valence-electron chi connectivity index (χ3n) is 3.76. The van der Waals surface area contributed by atoms with Gasteiger partial charge in [0.1, 0.15) is 5.69 Å². The molecule has 0 fully saturated rings. The van der Waals surface area contributed by atoms with Crippen LogP contribution in [-0.2, 0) is 0 Å². The van der Waals surface area contributed by atoms with E-state index in [9.17, 15) is 4.79 Å². The van der Waals surface area contributed by atoms with E-state index < -0.39 is 0 Å². The molecule has 2 aromatic carbocycles. The van der Waals surface area contributed by atoms with Gasteiger partial charge in [-0.2, -0.15) is 0 Å². The van der Waals surface area contributed by atoms with Gasteiger partial charge in [-0.1, -0.05) is 42.5 Å². The van der Waals surface area contributed by atoms with Crippen molar-refractivity contribution in [3.8, 4) is 10.4 Å². The Balaban J connectivity index is 1.71. The summed E-state index contributed by atoms with van der Waals surface area (Å²) >= 11 is 1.72. The van der Waals surface area contributed by atoms with Crippen molar-refractivity contribution in [2.75, 3.05) is 5.32 Å². The normalized spacial score (nSPS) is 10.7. The quantitative estimate of drug-likeness (QED) is 0.560. The number of benzene rings is 2. The number of carbonyl (C=O) groups is 1. The largest absolute Gasteiger partial charge is 0.320 e. The Labute approximate surface area is 143 Å². The van der Waals surface area contributed by atoms with Crippen LogP contribution in [0.15, 0.2) is 79.0 Å². The minimum absolute atomic E-state index is 0.204. The standard InChI is InChI=1S/C20H14N2OS/c23-20(17-10-5-6-12-21-17)22-16-9-3-2-8-15(16)19-13-14-7-1-4-11-18(14)24-19/h1-13H,(H,22,23). The smallest absolute Gasteiger partial charge is 0.274 e. The van der Waals surface area contributed by atoms with Crippen LogP contribution in [0, 0.1) is 0 Å². The average Bonchev–Trinajstić information content (AvgIpc) is 3.07.